The number of rotatable bonds is 5. The number of para-hydroxylation sites is 1. The Hall–Kier alpha value is -2.44. The molecule has 1 aromatic heterocycles. The number of ether oxygens (including phenoxy) is 2. The first-order valence-corrected chi connectivity index (χ1v) is 8.35. The van der Waals surface area contributed by atoms with Crippen LogP contribution in [0.25, 0.3) is 10.2 Å². The third-order valence-electron chi connectivity index (χ3n) is 3.62. The fraction of sp³-hybridized carbons (Fsp3) is 0.222. The Kier molecular flexibility index (Phi) is 5.08. The standard InChI is InChI=1S/C18H18N2O3S/c1-22-12-11-20-16-14(23-2)9-6-10-15(16)24-18(20)19-17(21)13-7-4-3-5-8-13/h3-10H,11-12H2,1-2H3. The first-order chi connectivity index (χ1) is 11.7. The molecule has 3 aromatic rings. The molecule has 0 aliphatic carbocycles. The summed E-state index contributed by atoms with van der Waals surface area (Å²) in [4.78, 5) is 17.4. The van der Waals surface area contributed by atoms with E-state index in [0.717, 1.165) is 16.0 Å². The molecule has 124 valence electrons. The summed E-state index contributed by atoms with van der Waals surface area (Å²) in [5.74, 6) is 0.501. The summed E-state index contributed by atoms with van der Waals surface area (Å²) in [6, 6.07) is 14.9. The topological polar surface area (TPSA) is 52.8 Å². The van der Waals surface area contributed by atoms with Crippen LogP contribution < -0.4 is 9.54 Å². The molecular weight excluding hydrogens is 324 g/mol. The van der Waals surface area contributed by atoms with Gasteiger partial charge in [0.25, 0.3) is 5.91 Å². The van der Waals surface area contributed by atoms with Crippen LogP contribution in [0, 0.1) is 0 Å². The number of amides is 1. The first-order valence-electron chi connectivity index (χ1n) is 7.54. The van der Waals surface area contributed by atoms with E-state index < -0.39 is 0 Å². The number of fused-ring (bicyclic) bond motifs is 1. The van der Waals surface area contributed by atoms with Crippen LogP contribution in [0.15, 0.2) is 53.5 Å². The third kappa shape index (κ3) is 3.25. The van der Waals surface area contributed by atoms with Crippen molar-refractivity contribution in [3.63, 3.8) is 0 Å². The van der Waals surface area contributed by atoms with Gasteiger partial charge >= 0.3 is 0 Å². The molecule has 24 heavy (non-hydrogen) atoms. The Labute approximate surface area is 143 Å². The highest BCUT2D eigenvalue weighted by Crippen LogP contribution is 2.27. The van der Waals surface area contributed by atoms with Gasteiger partial charge in [-0.15, -0.1) is 0 Å². The average Bonchev–Trinajstić information content (AvgIpc) is 2.97. The van der Waals surface area contributed by atoms with E-state index in [-0.39, 0.29) is 5.91 Å². The molecule has 0 saturated carbocycles. The molecule has 0 bridgehead atoms. The number of methoxy groups -OCH3 is 2. The minimum atomic E-state index is -0.257. The lowest BCUT2D eigenvalue weighted by Crippen LogP contribution is -2.19. The minimum Gasteiger partial charge on any atom is -0.495 e. The van der Waals surface area contributed by atoms with Gasteiger partial charge in [-0.25, -0.2) is 0 Å². The van der Waals surface area contributed by atoms with Crippen molar-refractivity contribution in [2.24, 2.45) is 4.99 Å². The lowest BCUT2D eigenvalue weighted by atomic mass is 10.2. The largest absolute Gasteiger partial charge is 0.495 e. The van der Waals surface area contributed by atoms with E-state index in [2.05, 4.69) is 4.99 Å². The highest BCUT2D eigenvalue weighted by molar-refractivity contribution is 7.16. The second kappa shape index (κ2) is 7.42. The van der Waals surface area contributed by atoms with Crippen LogP contribution in [0.1, 0.15) is 10.4 Å². The molecule has 2 aromatic carbocycles. The highest BCUT2D eigenvalue weighted by atomic mass is 32.1. The van der Waals surface area contributed by atoms with Gasteiger partial charge in [0.1, 0.15) is 11.3 Å². The van der Waals surface area contributed by atoms with Gasteiger partial charge in [0.05, 0.1) is 18.4 Å². The summed E-state index contributed by atoms with van der Waals surface area (Å²) in [7, 11) is 3.29. The summed E-state index contributed by atoms with van der Waals surface area (Å²) in [5.41, 5.74) is 1.50. The smallest absolute Gasteiger partial charge is 0.279 e. The van der Waals surface area contributed by atoms with E-state index in [1.807, 2.05) is 41.0 Å². The second-order valence-electron chi connectivity index (χ2n) is 5.12. The molecule has 6 heteroatoms. The Morgan fingerprint density at radius 2 is 1.92 bits per heavy atom. The summed E-state index contributed by atoms with van der Waals surface area (Å²) in [6.07, 6.45) is 0. The van der Waals surface area contributed by atoms with Crippen molar-refractivity contribution in [2.75, 3.05) is 20.8 Å². The maximum atomic E-state index is 12.4. The van der Waals surface area contributed by atoms with Crippen molar-refractivity contribution in [3.05, 3.63) is 58.9 Å². The molecule has 3 rings (SSSR count). The second-order valence-corrected chi connectivity index (χ2v) is 6.13. The molecule has 1 heterocycles. The monoisotopic (exact) mass is 342 g/mol. The molecule has 1 amide bonds. The summed E-state index contributed by atoms with van der Waals surface area (Å²) >= 11 is 1.47. The Morgan fingerprint density at radius 1 is 1.12 bits per heavy atom. The molecule has 0 aliphatic rings. The van der Waals surface area contributed by atoms with E-state index in [9.17, 15) is 4.79 Å². The molecule has 0 N–H and O–H groups in total. The molecule has 0 atom stereocenters. The highest BCUT2D eigenvalue weighted by Gasteiger charge is 2.12. The predicted molar refractivity (Wildman–Crippen MR) is 94.6 cm³/mol. The van der Waals surface area contributed by atoms with Crippen LogP contribution in [-0.4, -0.2) is 31.3 Å². The van der Waals surface area contributed by atoms with Crippen LogP contribution in [0.5, 0.6) is 5.75 Å². The van der Waals surface area contributed by atoms with Crippen molar-refractivity contribution < 1.29 is 14.3 Å². The van der Waals surface area contributed by atoms with Crippen LogP contribution in [-0.2, 0) is 11.3 Å². The van der Waals surface area contributed by atoms with E-state index in [0.29, 0.717) is 23.5 Å². The first kappa shape index (κ1) is 16.4. The van der Waals surface area contributed by atoms with Crippen molar-refractivity contribution in [1.82, 2.24) is 4.57 Å². The molecule has 0 aliphatic heterocycles. The SMILES string of the molecule is COCCn1c(=NC(=O)c2ccccc2)sc2cccc(OC)c21. The minimum absolute atomic E-state index is 0.257. The zero-order chi connectivity index (χ0) is 16.9. The zero-order valence-electron chi connectivity index (χ0n) is 13.6. The van der Waals surface area contributed by atoms with Gasteiger partial charge in [0.15, 0.2) is 4.80 Å². The Bertz CT molecular complexity index is 913. The fourth-order valence-electron chi connectivity index (χ4n) is 2.47. The predicted octanol–water partition coefficient (Wildman–Crippen LogP) is 3.10. The maximum Gasteiger partial charge on any atom is 0.279 e. The molecule has 0 unspecified atom stereocenters. The molecule has 0 spiro atoms. The number of carbonyl (C=O) groups is 1. The van der Waals surface area contributed by atoms with E-state index in [1.54, 1.807) is 26.4 Å². The fourth-order valence-corrected chi connectivity index (χ4v) is 3.54. The van der Waals surface area contributed by atoms with Crippen molar-refractivity contribution in [2.45, 2.75) is 6.54 Å². The lowest BCUT2D eigenvalue weighted by molar-refractivity contribution is 0.0997. The van der Waals surface area contributed by atoms with Crippen molar-refractivity contribution in [1.29, 1.82) is 0 Å². The van der Waals surface area contributed by atoms with Gasteiger partial charge in [-0.1, -0.05) is 35.6 Å². The van der Waals surface area contributed by atoms with Gasteiger partial charge in [-0.05, 0) is 24.3 Å². The van der Waals surface area contributed by atoms with Crippen LogP contribution >= 0.6 is 11.3 Å². The molecule has 0 radical (unpaired) electrons. The normalized spacial score (nSPS) is 11.8. The van der Waals surface area contributed by atoms with Crippen molar-refractivity contribution >= 4 is 27.5 Å². The number of benzene rings is 2. The number of thiazole rings is 1. The number of hydrogen-bond acceptors (Lipinski definition) is 4. The number of aromatic nitrogens is 1. The van der Waals surface area contributed by atoms with E-state index in [1.165, 1.54) is 11.3 Å². The maximum absolute atomic E-state index is 12.4. The Balaban J connectivity index is 2.16. The van der Waals surface area contributed by atoms with Gasteiger partial charge in [-0.3, -0.25) is 4.79 Å². The Morgan fingerprint density at radius 3 is 2.62 bits per heavy atom. The quantitative estimate of drug-likeness (QED) is 0.716. The van der Waals surface area contributed by atoms with E-state index >= 15 is 0 Å². The third-order valence-corrected chi connectivity index (χ3v) is 4.66. The molecule has 0 saturated heterocycles. The lowest BCUT2D eigenvalue weighted by Gasteiger charge is -2.07. The van der Waals surface area contributed by atoms with Gasteiger partial charge in [0.2, 0.25) is 0 Å². The van der Waals surface area contributed by atoms with Gasteiger partial charge in [-0.2, -0.15) is 4.99 Å². The molecule has 5 nitrogen and oxygen atoms in total. The summed E-state index contributed by atoms with van der Waals surface area (Å²) in [5, 5.41) is 0. The summed E-state index contributed by atoms with van der Waals surface area (Å²) in [6.45, 7) is 1.12. The average molecular weight is 342 g/mol. The number of hydrogen-bond donors (Lipinski definition) is 0. The van der Waals surface area contributed by atoms with Gasteiger partial charge in [0, 0.05) is 19.2 Å². The summed E-state index contributed by atoms with van der Waals surface area (Å²) < 4.78 is 13.7. The van der Waals surface area contributed by atoms with Crippen LogP contribution in [0.4, 0.5) is 0 Å². The van der Waals surface area contributed by atoms with Crippen molar-refractivity contribution in [3.8, 4) is 5.75 Å². The zero-order valence-corrected chi connectivity index (χ0v) is 14.4. The van der Waals surface area contributed by atoms with Crippen LogP contribution in [0.2, 0.25) is 0 Å². The van der Waals surface area contributed by atoms with E-state index in [4.69, 9.17) is 9.47 Å². The molecular formula is C18H18N2O3S. The number of carbonyl (C=O) groups excluding carboxylic acids is 1. The molecule has 0 fully saturated rings. The van der Waals surface area contributed by atoms with Gasteiger partial charge < -0.3 is 14.0 Å². The number of nitrogens with zero attached hydrogens (tertiary/aromatic N) is 2. The van der Waals surface area contributed by atoms with Crippen LogP contribution in [0.3, 0.4) is 0 Å².